The quantitative estimate of drug-likeness (QED) is 0.328. The van der Waals surface area contributed by atoms with Gasteiger partial charge in [0.05, 0.1) is 12.8 Å². The SMILES string of the molecule is C=CCOc1c(C=C2C(=O)NC(=S)N(c3ccc(Cl)cc3)C2=O)cccc1OC. The van der Waals surface area contributed by atoms with E-state index in [4.69, 9.17) is 33.3 Å². The summed E-state index contributed by atoms with van der Waals surface area (Å²) in [5, 5.41) is 3.05. The Kier molecular flexibility index (Phi) is 6.31. The molecule has 1 heterocycles. The number of halogens is 1. The van der Waals surface area contributed by atoms with Crippen molar-refractivity contribution in [1.29, 1.82) is 0 Å². The fourth-order valence-corrected chi connectivity index (χ4v) is 3.15. The summed E-state index contributed by atoms with van der Waals surface area (Å²) in [6, 6.07) is 11.7. The molecular weight excluding hydrogens is 412 g/mol. The van der Waals surface area contributed by atoms with E-state index in [0.29, 0.717) is 27.8 Å². The van der Waals surface area contributed by atoms with Crippen LogP contribution >= 0.6 is 23.8 Å². The number of hydrogen-bond donors (Lipinski definition) is 1. The summed E-state index contributed by atoms with van der Waals surface area (Å²) in [6.07, 6.45) is 3.03. The summed E-state index contributed by atoms with van der Waals surface area (Å²) in [4.78, 5) is 26.8. The van der Waals surface area contributed by atoms with Crippen LogP contribution in [-0.4, -0.2) is 30.6 Å². The smallest absolute Gasteiger partial charge is 0.270 e. The van der Waals surface area contributed by atoms with Gasteiger partial charge in [-0.3, -0.25) is 19.8 Å². The van der Waals surface area contributed by atoms with Crippen LogP contribution in [0.1, 0.15) is 5.56 Å². The number of nitrogens with zero attached hydrogens (tertiary/aromatic N) is 1. The van der Waals surface area contributed by atoms with E-state index >= 15 is 0 Å². The Morgan fingerprint density at radius 1 is 1.21 bits per heavy atom. The number of para-hydroxylation sites is 1. The molecule has 2 amide bonds. The minimum Gasteiger partial charge on any atom is -0.493 e. The fraction of sp³-hybridized carbons (Fsp3) is 0.0952. The van der Waals surface area contributed by atoms with Crippen molar-refractivity contribution in [3.8, 4) is 11.5 Å². The lowest BCUT2D eigenvalue weighted by molar-refractivity contribution is -0.122. The minimum absolute atomic E-state index is 0.00625. The molecule has 0 aromatic heterocycles. The summed E-state index contributed by atoms with van der Waals surface area (Å²) >= 11 is 11.1. The van der Waals surface area contributed by atoms with Gasteiger partial charge in [-0.1, -0.05) is 36.4 Å². The summed E-state index contributed by atoms with van der Waals surface area (Å²) in [7, 11) is 1.51. The van der Waals surface area contributed by atoms with Crippen molar-refractivity contribution in [3.05, 3.63) is 71.3 Å². The molecule has 0 spiro atoms. The number of carbonyl (C=O) groups is 2. The molecule has 1 saturated heterocycles. The van der Waals surface area contributed by atoms with Crippen molar-refractivity contribution in [1.82, 2.24) is 5.32 Å². The van der Waals surface area contributed by atoms with Gasteiger partial charge in [-0.15, -0.1) is 0 Å². The molecule has 2 aromatic carbocycles. The predicted molar refractivity (Wildman–Crippen MR) is 116 cm³/mol. The maximum absolute atomic E-state index is 13.1. The first kappa shape index (κ1) is 20.6. The molecule has 29 heavy (non-hydrogen) atoms. The van der Waals surface area contributed by atoms with Crippen LogP contribution < -0.4 is 19.7 Å². The molecule has 1 fully saturated rings. The number of methoxy groups -OCH3 is 1. The van der Waals surface area contributed by atoms with Crippen LogP contribution in [0.5, 0.6) is 11.5 Å². The van der Waals surface area contributed by atoms with Gasteiger partial charge in [0.1, 0.15) is 12.2 Å². The Bertz CT molecular complexity index is 1020. The van der Waals surface area contributed by atoms with E-state index in [-0.39, 0.29) is 17.3 Å². The zero-order valence-electron chi connectivity index (χ0n) is 15.5. The van der Waals surface area contributed by atoms with Crippen LogP contribution in [-0.2, 0) is 9.59 Å². The molecule has 2 aromatic rings. The zero-order valence-corrected chi connectivity index (χ0v) is 17.0. The third-order valence-electron chi connectivity index (χ3n) is 4.06. The highest BCUT2D eigenvalue weighted by atomic mass is 35.5. The second-order valence-corrected chi connectivity index (χ2v) is 6.74. The van der Waals surface area contributed by atoms with Gasteiger partial charge in [0.2, 0.25) is 0 Å². The number of benzene rings is 2. The van der Waals surface area contributed by atoms with Crippen molar-refractivity contribution in [2.24, 2.45) is 0 Å². The fourth-order valence-electron chi connectivity index (χ4n) is 2.74. The Hall–Kier alpha value is -3.16. The number of ether oxygens (including phenoxy) is 2. The van der Waals surface area contributed by atoms with Crippen LogP contribution in [0.15, 0.2) is 60.7 Å². The molecule has 0 radical (unpaired) electrons. The molecule has 1 aliphatic heterocycles. The molecule has 1 aliphatic rings. The van der Waals surface area contributed by atoms with Gasteiger partial charge in [-0.05, 0) is 48.6 Å². The maximum atomic E-state index is 13.1. The average Bonchev–Trinajstić information content (AvgIpc) is 2.71. The van der Waals surface area contributed by atoms with Gasteiger partial charge in [0.25, 0.3) is 11.8 Å². The number of rotatable bonds is 6. The second kappa shape index (κ2) is 8.89. The predicted octanol–water partition coefficient (Wildman–Crippen LogP) is 3.74. The number of carbonyl (C=O) groups excluding carboxylic acids is 2. The highest BCUT2D eigenvalue weighted by Crippen LogP contribution is 2.33. The van der Waals surface area contributed by atoms with Crippen LogP contribution in [0.25, 0.3) is 6.08 Å². The topological polar surface area (TPSA) is 67.9 Å². The van der Waals surface area contributed by atoms with Crippen molar-refractivity contribution in [2.75, 3.05) is 18.6 Å². The van der Waals surface area contributed by atoms with Gasteiger partial charge in [0, 0.05) is 10.6 Å². The third-order valence-corrected chi connectivity index (χ3v) is 4.60. The summed E-state index contributed by atoms with van der Waals surface area (Å²) in [5.41, 5.74) is 0.905. The monoisotopic (exact) mass is 428 g/mol. The first-order chi connectivity index (χ1) is 14.0. The van der Waals surface area contributed by atoms with Crippen LogP contribution in [0.3, 0.4) is 0 Å². The van der Waals surface area contributed by atoms with Crippen molar-refractivity contribution in [2.45, 2.75) is 0 Å². The Balaban J connectivity index is 2.05. The molecule has 0 unspecified atom stereocenters. The lowest BCUT2D eigenvalue weighted by Gasteiger charge is -2.29. The molecule has 0 saturated carbocycles. The largest absolute Gasteiger partial charge is 0.493 e. The average molecular weight is 429 g/mol. The van der Waals surface area contributed by atoms with Gasteiger partial charge in [0.15, 0.2) is 16.6 Å². The van der Waals surface area contributed by atoms with Crippen LogP contribution in [0.4, 0.5) is 5.69 Å². The second-order valence-electron chi connectivity index (χ2n) is 5.91. The number of hydrogen-bond acceptors (Lipinski definition) is 5. The summed E-state index contributed by atoms with van der Waals surface area (Å²) < 4.78 is 11.0. The number of amides is 2. The van der Waals surface area contributed by atoms with E-state index in [1.165, 1.54) is 18.1 Å². The van der Waals surface area contributed by atoms with Gasteiger partial charge < -0.3 is 9.47 Å². The van der Waals surface area contributed by atoms with Crippen molar-refractivity contribution in [3.63, 3.8) is 0 Å². The van der Waals surface area contributed by atoms with E-state index in [9.17, 15) is 9.59 Å². The zero-order chi connectivity index (χ0) is 21.0. The third kappa shape index (κ3) is 4.31. The molecular formula is C21H17ClN2O4S. The molecule has 6 nitrogen and oxygen atoms in total. The minimum atomic E-state index is -0.595. The van der Waals surface area contributed by atoms with Gasteiger partial charge in [-0.25, -0.2) is 0 Å². The van der Waals surface area contributed by atoms with Gasteiger partial charge in [-0.2, -0.15) is 0 Å². The first-order valence-corrected chi connectivity index (χ1v) is 9.32. The molecule has 1 N–H and O–H groups in total. The van der Waals surface area contributed by atoms with E-state index in [0.717, 1.165) is 0 Å². The maximum Gasteiger partial charge on any atom is 0.270 e. The highest BCUT2D eigenvalue weighted by molar-refractivity contribution is 7.80. The van der Waals surface area contributed by atoms with E-state index in [1.807, 2.05) is 0 Å². The van der Waals surface area contributed by atoms with E-state index in [2.05, 4.69) is 11.9 Å². The molecule has 3 rings (SSSR count). The van der Waals surface area contributed by atoms with Crippen LogP contribution in [0.2, 0.25) is 5.02 Å². The molecule has 148 valence electrons. The lowest BCUT2D eigenvalue weighted by Crippen LogP contribution is -2.54. The molecule has 0 aliphatic carbocycles. The Labute approximate surface area is 178 Å². The van der Waals surface area contributed by atoms with Crippen LogP contribution in [0, 0.1) is 0 Å². The number of anilines is 1. The first-order valence-electron chi connectivity index (χ1n) is 8.54. The summed E-state index contributed by atoms with van der Waals surface area (Å²) in [6.45, 7) is 3.86. The van der Waals surface area contributed by atoms with E-state index in [1.54, 1.807) is 48.5 Å². The lowest BCUT2D eigenvalue weighted by atomic mass is 10.1. The van der Waals surface area contributed by atoms with Crippen molar-refractivity contribution >= 4 is 52.5 Å². The van der Waals surface area contributed by atoms with Gasteiger partial charge >= 0.3 is 0 Å². The molecule has 0 atom stereocenters. The molecule has 8 heteroatoms. The summed E-state index contributed by atoms with van der Waals surface area (Å²) in [5.74, 6) is -0.287. The Morgan fingerprint density at radius 2 is 1.93 bits per heavy atom. The molecule has 0 bridgehead atoms. The van der Waals surface area contributed by atoms with E-state index < -0.39 is 11.8 Å². The standard InChI is InChI=1S/C21H17ClN2O4S/c1-3-11-28-18-13(5-4-6-17(18)27-2)12-16-19(25)23-21(29)24(20(16)26)15-9-7-14(22)8-10-15/h3-10,12H,1,11H2,2H3,(H,23,25,29). The number of thiocarbonyl (C=S) groups is 1. The normalized spacial score (nSPS) is 15.3. The highest BCUT2D eigenvalue weighted by Gasteiger charge is 2.34. The Morgan fingerprint density at radius 3 is 2.59 bits per heavy atom. The van der Waals surface area contributed by atoms with Crippen molar-refractivity contribution < 1.29 is 19.1 Å². The number of nitrogens with one attached hydrogen (secondary N) is 1.